The third-order valence-electron chi connectivity index (χ3n) is 4.62. The fourth-order valence-electron chi connectivity index (χ4n) is 4.37. The van der Waals surface area contributed by atoms with Crippen molar-refractivity contribution in [3.63, 3.8) is 0 Å². The molecule has 0 aromatic rings. The van der Waals surface area contributed by atoms with E-state index in [9.17, 15) is 17.1 Å². The van der Waals surface area contributed by atoms with Crippen molar-refractivity contribution in [3.8, 4) is 0 Å². The van der Waals surface area contributed by atoms with Gasteiger partial charge in [-0.2, -0.15) is 8.42 Å². The Morgan fingerprint density at radius 2 is 1.95 bits per heavy atom. The van der Waals surface area contributed by atoms with Gasteiger partial charge in [-0.15, -0.1) is 3.89 Å². The molecule has 1 saturated carbocycles. The minimum atomic E-state index is -4.65. The summed E-state index contributed by atoms with van der Waals surface area (Å²) in [6, 6.07) is 0.0807. The van der Waals surface area contributed by atoms with Gasteiger partial charge >= 0.3 is 10.2 Å². The summed E-state index contributed by atoms with van der Waals surface area (Å²) < 4.78 is 35.0. The average Bonchev–Trinajstić information content (AvgIpc) is 2.54. The minimum Gasteiger partial charge on any atom is -0.341 e. The summed E-state index contributed by atoms with van der Waals surface area (Å²) in [5.41, 5.74) is 6.08. The standard InChI is InChI=1S/C14H25FN2O3S/c1-13(2)5-10(16)6-14(3,8-13)9-17-7-11(4-12(17)18)21(15,19)20/h10-11H,4-9,16H2,1-3H3. The molecular weight excluding hydrogens is 295 g/mol. The first-order valence-electron chi connectivity index (χ1n) is 7.37. The molecule has 2 rings (SSSR count). The zero-order valence-corrected chi connectivity index (χ0v) is 13.7. The fraction of sp³-hybridized carbons (Fsp3) is 0.929. The highest BCUT2D eigenvalue weighted by Crippen LogP contribution is 2.46. The number of carbonyl (C=O) groups is 1. The number of rotatable bonds is 3. The van der Waals surface area contributed by atoms with E-state index >= 15 is 0 Å². The van der Waals surface area contributed by atoms with E-state index < -0.39 is 15.5 Å². The fourth-order valence-corrected chi connectivity index (χ4v) is 5.07. The molecule has 1 amide bonds. The van der Waals surface area contributed by atoms with Crippen LogP contribution in [0.15, 0.2) is 0 Å². The van der Waals surface area contributed by atoms with Crippen LogP contribution in [-0.4, -0.2) is 43.6 Å². The van der Waals surface area contributed by atoms with Crippen LogP contribution in [0.2, 0.25) is 0 Å². The molecule has 5 nitrogen and oxygen atoms in total. The molecule has 1 aliphatic carbocycles. The van der Waals surface area contributed by atoms with Gasteiger partial charge < -0.3 is 10.6 Å². The quantitative estimate of drug-likeness (QED) is 0.798. The molecule has 2 aliphatic rings. The topological polar surface area (TPSA) is 80.5 Å². The van der Waals surface area contributed by atoms with E-state index in [1.807, 2.05) is 0 Å². The monoisotopic (exact) mass is 320 g/mol. The van der Waals surface area contributed by atoms with Gasteiger partial charge in [0.1, 0.15) is 5.25 Å². The molecule has 1 aliphatic heterocycles. The van der Waals surface area contributed by atoms with Gasteiger partial charge in [0.2, 0.25) is 5.91 Å². The van der Waals surface area contributed by atoms with Gasteiger partial charge in [0.05, 0.1) is 0 Å². The van der Waals surface area contributed by atoms with E-state index in [2.05, 4.69) is 20.8 Å². The highest BCUT2D eigenvalue weighted by molar-refractivity contribution is 7.87. The van der Waals surface area contributed by atoms with Crippen molar-refractivity contribution in [2.24, 2.45) is 16.6 Å². The predicted octanol–water partition coefficient (Wildman–Crippen LogP) is 1.43. The molecule has 1 heterocycles. The molecule has 0 spiro atoms. The second-order valence-corrected chi connectivity index (χ2v) is 9.51. The number of likely N-dealkylation sites (tertiary alicyclic amines) is 1. The number of nitrogens with zero attached hydrogens (tertiary/aromatic N) is 1. The molecule has 1 saturated heterocycles. The first-order chi connectivity index (χ1) is 9.40. The molecule has 3 atom stereocenters. The van der Waals surface area contributed by atoms with Crippen molar-refractivity contribution in [1.29, 1.82) is 0 Å². The molecule has 0 radical (unpaired) electrons. The number of nitrogens with two attached hydrogens (primary N) is 1. The Morgan fingerprint density at radius 3 is 2.43 bits per heavy atom. The molecule has 122 valence electrons. The van der Waals surface area contributed by atoms with Crippen molar-refractivity contribution < 1.29 is 17.1 Å². The van der Waals surface area contributed by atoms with Crippen molar-refractivity contribution in [3.05, 3.63) is 0 Å². The van der Waals surface area contributed by atoms with E-state index in [0.29, 0.717) is 6.54 Å². The zero-order chi connectivity index (χ0) is 16.1. The van der Waals surface area contributed by atoms with E-state index in [4.69, 9.17) is 5.73 Å². The number of hydrogen-bond donors (Lipinski definition) is 1. The van der Waals surface area contributed by atoms with Gasteiger partial charge in [0.15, 0.2) is 0 Å². The van der Waals surface area contributed by atoms with Crippen LogP contribution in [0.4, 0.5) is 3.89 Å². The third-order valence-corrected chi connectivity index (χ3v) is 5.74. The summed E-state index contributed by atoms with van der Waals surface area (Å²) >= 11 is 0. The SMILES string of the molecule is CC1(C)CC(N)CC(C)(CN2CC(S(=O)(=O)F)CC2=O)C1. The van der Waals surface area contributed by atoms with Crippen molar-refractivity contribution in [2.45, 2.75) is 57.7 Å². The molecule has 0 aromatic heterocycles. The van der Waals surface area contributed by atoms with E-state index in [1.165, 1.54) is 4.90 Å². The van der Waals surface area contributed by atoms with Gasteiger partial charge in [-0.1, -0.05) is 20.8 Å². The van der Waals surface area contributed by atoms with Crippen LogP contribution in [0.1, 0.15) is 46.5 Å². The molecular formula is C14H25FN2O3S. The highest BCUT2D eigenvalue weighted by atomic mass is 32.3. The summed E-state index contributed by atoms with van der Waals surface area (Å²) in [6.07, 6.45) is 2.42. The zero-order valence-electron chi connectivity index (χ0n) is 12.9. The molecule has 7 heteroatoms. The lowest BCUT2D eigenvalue weighted by atomic mass is 9.62. The molecule has 21 heavy (non-hydrogen) atoms. The summed E-state index contributed by atoms with van der Waals surface area (Å²) in [4.78, 5) is 13.4. The van der Waals surface area contributed by atoms with Crippen LogP contribution in [0, 0.1) is 10.8 Å². The summed E-state index contributed by atoms with van der Waals surface area (Å²) in [5, 5.41) is -1.21. The largest absolute Gasteiger partial charge is 0.341 e. The Morgan fingerprint density at radius 1 is 1.33 bits per heavy atom. The highest BCUT2D eigenvalue weighted by Gasteiger charge is 2.45. The van der Waals surface area contributed by atoms with E-state index in [0.717, 1.165) is 19.3 Å². The van der Waals surface area contributed by atoms with Crippen LogP contribution in [-0.2, 0) is 15.0 Å². The summed E-state index contributed by atoms with van der Waals surface area (Å²) in [5.74, 6) is -0.278. The lowest BCUT2D eigenvalue weighted by molar-refractivity contribution is -0.129. The van der Waals surface area contributed by atoms with Crippen LogP contribution in [0.3, 0.4) is 0 Å². The van der Waals surface area contributed by atoms with Crippen LogP contribution < -0.4 is 5.73 Å². The molecule has 0 aromatic carbocycles. The lowest BCUT2D eigenvalue weighted by Gasteiger charge is -2.47. The van der Waals surface area contributed by atoms with E-state index in [-0.39, 0.29) is 35.7 Å². The minimum absolute atomic E-state index is 0.0388. The van der Waals surface area contributed by atoms with Gasteiger partial charge in [0.25, 0.3) is 0 Å². The molecule has 2 fully saturated rings. The smallest absolute Gasteiger partial charge is 0.307 e. The summed E-state index contributed by atoms with van der Waals surface area (Å²) in [7, 11) is -4.65. The Bertz CT molecular complexity index is 534. The average molecular weight is 320 g/mol. The van der Waals surface area contributed by atoms with Gasteiger partial charge in [-0.25, -0.2) is 0 Å². The second kappa shape index (κ2) is 5.19. The first-order valence-corrected chi connectivity index (χ1v) is 8.82. The maximum Gasteiger partial charge on any atom is 0.307 e. The number of hydrogen-bond acceptors (Lipinski definition) is 4. The Labute approximate surface area is 126 Å². The van der Waals surface area contributed by atoms with Crippen molar-refractivity contribution >= 4 is 16.1 Å². The Balaban J connectivity index is 2.09. The van der Waals surface area contributed by atoms with Gasteiger partial charge in [-0.3, -0.25) is 4.79 Å². The van der Waals surface area contributed by atoms with Crippen LogP contribution in [0.5, 0.6) is 0 Å². The first kappa shape index (κ1) is 16.7. The maximum atomic E-state index is 13.1. The number of amides is 1. The Kier molecular flexibility index (Phi) is 4.12. The maximum absolute atomic E-state index is 13.1. The molecule has 0 bridgehead atoms. The van der Waals surface area contributed by atoms with Gasteiger partial charge in [-0.05, 0) is 30.1 Å². The molecule has 3 unspecified atom stereocenters. The lowest BCUT2D eigenvalue weighted by Crippen LogP contribution is -2.48. The summed E-state index contributed by atoms with van der Waals surface area (Å²) in [6.45, 7) is 6.81. The predicted molar refractivity (Wildman–Crippen MR) is 78.7 cm³/mol. The van der Waals surface area contributed by atoms with Crippen molar-refractivity contribution in [1.82, 2.24) is 4.90 Å². The van der Waals surface area contributed by atoms with Crippen LogP contribution in [0.25, 0.3) is 0 Å². The third kappa shape index (κ3) is 3.94. The number of carbonyl (C=O) groups excluding carboxylic acids is 1. The second-order valence-electron chi connectivity index (χ2n) is 7.90. The van der Waals surface area contributed by atoms with Crippen molar-refractivity contribution in [2.75, 3.05) is 13.1 Å². The molecule has 2 N–H and O–H groups in total. The normalized spacial score (nSPS) is 37.0. The van der Waals surface area contributed by atoms with E-state index in [1.54, 1.807) is 0 Å². The number of halogens is 1. The van der Waals surface area contributed by atoms with Gasteiger partial charge in [0, 0.05) is 25.6 Å². The van der Waals surface area contributed by atoms with Crippen LogP contribution >= 0.6 is 0 Å². The Hall–Kier alpha value is -0.690.